The van der Waals surface area contributed by atoms with Crippen LogP contribution in [0.15, 0.2) is 48.7 Å². The van der Waals surface area contributed by atoms with Crippen LogP contribution in [0.1, 0.15) is 73.4 Å². The first-order chi connectivity index (χ1) is 17.4. The largest absolute Gasteiger partial charge is 0.495 e. The summed E-state index contributed by atoms with van der Waals surface area (Å²) in [4.78, 5) is 18.7. The molecule has 3 heterocycles. The Balaban J connectivity index is 1.64. The standard InChI is InChI=1S/C28H33N5O2S/c1-17-15-22(18(2)32(17)20-9-5-6-10-20)27-26(23-11-7-8-14-29-23)31-28(36)33(27)21-12-13-25(35-4)24(16-21)30-19(3)34/h7-8,11-16,20,26-27H,5-6,9-10H2,1-4H3,(H,30,34)(H,31,36)/t26-,27+/m0/s1. The summed E-state index contributed by atoms with van der Waals surface area (Å²) in [5.41, 5.74) is 6.22. The van der Waals surface area contributed by atoms with Crippen LogP contribution in [0.4, 0.5) is 11.4 Å². The number of thiocarbonyl (C=S) groups is 1. The molecule has 7 nitrogen and oxygen atoms in total. The topological polar surface area (TPSA) is 71.4 Å². The van der Waals surface area contributed by atoms with Crippen molar-refractivity contribution in [2.24, 2.45) is 0 Å². The van der Waals surface area contributed by atoms with Gasteiger partial charge in [-0.05, 0) is 80.9 Å². The molecule has 1 aliphatic carbocycles. The summed E-state index contributed by atoms with van der Waals surface area (Å²) >= 11 is 5.92. The molecule has 188 valence electrons. The summed E-state index contributed by atoms with van der Waals surface area (Å²) in [5, 5.41) is 7.07. The van der Waals surface area contributed by atoms with Crippen molar-refractivity contribution >= 4 is 34.6 Å². The number of benzene rings is 1. The second kappa shape index (κ2) is 9.93. The van der Waals surface area contributed by atoms with Gasteiger partial charge in [0.2, 0.25) is 5.91 Å². The van der Waals surface area contributed by atoms with Crippen molar-refractivity contribution in [1.82, 2.24) is 14.9 Å². The fourth-order valence-corrected chi connectivity index (χ4v) is 6.25. The zero-order valence-corrected chi connectivity index (χ0v) is 22.1. The molecule has 1 saturated carbocycles. The molecular weight excluding hydrogens is 470 g/mol. The number of nitrogens with one attached hydrogen (secondary N) is 2. The number of aryl methyl sites for hydroxylation is 1. The second-order valence-corrected chi connectivity index (χ2v) is 10.1. The molecule has 2 N–H and O–H groups in total. The van der Waals surface area contributed by atoms with Crippen LogP contribution in [0.5, 0.6) is 5.75 Å². The number of pyridine rings is 1. The van der Waals surface area contributed by atoms with Crippen LogP contribution in [0.25, 0.3) is 0 Å². The van der Waals surface area contributed by atoms with Gasteiger partial charge in [0.15, 0.2) is 5.11 Å². The smallest absolute Gasteiger partial charge is 0.221 e. The van der Waals surface area contributed by atoms with E-state index >= 15 is 0 Å². The van der Waals surface area contributed by atoms with Crippen molar-refractivity contribution in [2.45, 2.75) is 64.6 Å². The third kappa shape index (κ3) is 4.34. The van der Waals surface area contributed by atoms with E-state index in [1.807, 2.05) is 42.6 Å². The van der Waals surface area contributed by atoms with Crippen molar-refractivity contribution in [1.29, 1.82) is 0 Å². The molecule has 2 aromatic heterocycles. The number of hydrogen-bond acceptors (Lipinski definition) is 4. The summed E-state index contributed by atoms with van der Waals surface area (Å²) in [5.74, 6) is 0.444. The molecule has 8 heteroatoms. The third-order valence-electron chi connectivity index (χ3n) is 7.40. The van der Waals surface area contributed by atoms with Crippen molar-refractivity contribution in [3.05, 3.63) is 71.3 Å². The van der Waals surface area contributed by atoms with E-state index in [2.05, 4.69) is 45.0 Å². The van der Waals surface area contributed by atoms with Crippen LogP contribution in [0.3, 0.4) is 0 Å². The Morgan fingerprint density at radius 3 is 2.61 bits per heavy atom. The minimum Gasteiger partial charge on any atom is -0.495 e. The molecule has 2 aliphatic rings. The predicted molar refractivity (Wildman–Crippen MR) is 147 cm³/mol. The van der Waals surface area contributed by atoms with E-state index in [9.17, 15) is 4.79 Å². The molecule has 1 aromatic carbocycles. The third-order valence-corrected chi connectivity index (χ3v) is 7.72. The maximum Gasteiger partial charge on any atom is 0.221 e. The van der Waals surface area contributed by atoms with Gasteiger partial charge in [0.05, 0.1) is 30.6 Å². The summed E-state index contributed by atoms with van der Waals surface area (Å²) in [6, 6.07) is 14.4. The molecule has 2 atom stereocenters. The van der Waals surface area contributed by atoms with Crippen LogP contribution < -0.4 is 20.3 Å². The van der Waals surface area contributed by atoms with Gasteiger partial charge < -0.3 is 24.8 Å². The number of nitrogens with zero attached hydrogens (tertiary/aromatic N) is 3. The van der Waals surface area contributed by atoms with Crippen LogP contribution in [-0.4, -0.2) is 27.7 Å². The maximum absolute atomic E-state index is 11.9. The average molecular weight is 504 g/mol. The van der Waals surface area contributed by atoms with Gasteiger partial charge in [-0.15, -0.1) is 0 Å². The Morgan fingerprint density at radius 2 is 1.94 bits per heavy atom. The lowest BCUT2D eigenvalue weighted by molar-refractivity contribution is -0.114. The fraction of sp³-hybridized carbons (Fsp3) is 0.393. The highest BCUT2D eigenvalue weighted by atomic mass is 32.1. The Hall–Kier alpha value is -3.39. The summed E-state index contributed by atoms with van der Waals surface area (Å²) in [6.07, 6.45) is 6.84. The molecule has 1 saturated heterocycles. The van der Waals surface area contributed by atoms with E-state index in [0.717, 1.165) is 11.4 Å². The predicted octanol–water partition coefficient (Wildman–Crippen LogP) is 5.76. The number of anilines is 2. The highest BCUT2D eigenvalue weighted by Crippen LogP contribution is 2.45. The molecule has 5 rings (SSSR count). The first-order valence-corrected chi connectivity index (χ1v) is 12.9. The van der Waals surface area contributed by atoms with E-state index in [1.54, 1.807) is 7.11 Å². The van der Waals surface area contributed by atoms with Gasteiger partial charge in [0.25, 0.3) is 0 Å². The number of methoxy groups -OCH3 is 1. The molecule has 0 unspecified atom stereocenters. The first-order valence-electron chi connectivity index (χ1n) is 12.5. The van der Waals surface area contributed by atoms with E-state index in [1.165, 1.54) is 49.6 Å². The average Bonchev–Trinajstić information content (AvgIpc) is 3.57. The number of hydrogen-bond donors (Lipinski definition) is 2. The van der Waals surface area contributed by atoms with Crippen molar-refractivity contribution in [3.8, 4) is 5.75 Å². The number of ether oxygens (including phenoxy) is 1. The molecule has 36 heavy (non-hydrogen) atoms. The van der Waals surface area contributed by atoms with E-state index in [4.69, 9.17) is 17.0 Å². The van der Waals surface area contributed by atoms with Crippen LogP contribution in [0.2, 0.25) is 0 Å². The molecule has 0 spiro atoms. The number of carbonyl (C=O) groups is 1. The zero-order valence-electron chi connectivity index (χ0n) is 21.2. The Kier molecular flexibility index (Phi) is 6.71. The zero-order chi connectivity index (χ0) is 25.4. The van der Waals surface area contributed by atoms with Gasteiger partial charge >= 0.3 is 0 Å². The monoisotopic (exact) mass is 503 g/mol. The molecule has 0 radical (unpaired) electrons. The van der Waals surface area contributed by atoms with Crippen LogP contribution in [-0.2, 0) is 4.79 Å². The van der Waals surface area contributed by atoms with Gasteiger partial charge in [-0.2, -0.15) is 0 Å². The minimum absolute atomic E-state index is 0.104. The van der Waals surface area contributed by atoms with E-state index in [0.29, 0.717) is 22.6 Å². The Labute approximate surface area is 217 Å². The van der Waals surface area contributed by atoms with Crippen molar-refractivity contribution in [2.75, 3.05) is 17.3 Å². The summed E-state index contributed by atoms with van der Waals surface area (Å²) in [7, 11) is 1.60. The van der Waals surface area contributed by atoms with E-state index in [-0.39, 0.29) is 18.0 Å². The maximum atomic E-state index is 11.9. The van der Waals surface area contributed by atoms with Gasteiger partial charge in [-0.1, -0.05) is 18.9 Å². The van der Waals surface area contributed by atoms with E-state index < -0.39 is 0 Å². The molecule has 1 aliphatic heterocycles. The number of amides is 1. The van der Waals surface area contributed by atoms with Gasteiger partial charge in [0.1, 0.15) is 5.75 Å². The number of aromatic nitrogens is 2. The number of carbonyl (C=O) groups excluding carboxylic acids is 1. The van der Waals surface area contributed by atoms with Gasteiger partial charge in [0, 0.05) is 36.2 Å². The second-order valence-electron chi connectivity index (χ2n) is 9.70. The van der Waals surface area contributed by atoms with Crippen LogP contribution >= 0.6 is 12.2 Å². The van der Waals surface area contributed by atoms with Gasteiger partial charge in [-0.25, -0.2) is 0 Å². The lowest BCUT2D eigenvalue weighted by Gasteiger charge is -2.29. The lowest BCUT2D eigenvalue weighted by Crippen LogP contribution is -2.29. The lowest BCUT2D eigenvalue weighted by atomic mass is 9.96. The molecule has 1 amide bonds. The van der Waals surface area contributed by atoms with Gasteiger partial charge in [-0.3, -0.25) is 9.78 Å². The van der Waals surface area contributed by atoms with Crippen molar-refractivity contribution < 1.29 is 9.53 Å². The number of rotatable bonds is 6. The molecule has 3 aromatic rings. The molecule has 0 bridgehead atoms. The first kappa shape index (κ1) is 24.3. The Bertz CT molecular complexity index is 1280. The minimum atomic E-state index is -0.157. The summed E-state index contributed by atoms with van der Waals surface area (Å²) < 4.78 is 8.01. The molecule has 2 fully saturated rings. The highest BCUT2D eigenvalue weighted by molar-refractivity contribution is 7.80. The Morgan fingerprint density at radius 1 is 1.17 bits per heavy atom. The normalized spacial score (nSPS) is 20.0. The quantitative estimate of drug-likeness (QED) is 0.417. The SMILES string of the molecule is COc1ccc(N2C(=S)N[C@@H](c3ccccn3)[C@H]2c2cc(C)n(C3CCCC3)c2C)cc1NC(C)=O. The van der Waals surface area contributed by atoms with Crippen molar-refractivity contribution in [3.63, 3.8) is 0 Å². The highest BCUT2D eigenvalue weighted by Gasteiger charge is 2.42. The van der Waals surface area contributed by atoms with Crippen LogP contribution in [0, 0.1) is 13.8 Å². The fourth-order valence-electron chi connectivity index (χ4n) is 5.91. The summed E-state index contributed by atoms with van der Waals surface area (Å²) in [6.45, 7) is 5.93. The molecular formula is C28H33N5O2S.